The molecule has 0 spiro atoms. The minimum Gasteiger partial charge on any atom is -0.495 e. The van der Waals surface area contributed by atoms with Gasteiger partial charge in [0.05, 0.1) is 17.7 Å². The molecule has 0 unspecified atom stereocenters. The van der Waals surface area contributed by atoms with Gasteiger partial charge in [-0.15, -0.1) is 0 Å². The SMILES string of the molecule is COc1ccc(S(=O)(=O)Nc2ccc3ccccc3c2)cc1NC(C)=O. The van der Waals surface area contributed by atoms with Crippen LogP contribution in [0.1, 0.15) is 6.92 Å². The minimum atomic E-state index is -3.82. The fourth-order valence-electron chi connectivity index (χ4n) is 2.61. The fourth-order valence-corrected chi connectivity index (χ4v) is 3.68. The second kappa shape index (κ2) is 7.05. The lowest BCUT2D eigenvalue weighted by Gasteiger charge is -2.13. The third-order valence-corrected chi connectivity index (χ3v) is 5.17. The highest BCUT2D eigenvalue weighted by Crippen LogP contribution is 2.29. The number of benzene rings is 3. The van der Waals surface area contributed by atoms with Crippen molar-refractivity contribution >= 4 is 38.1 Å². The molecule has 0 heterocycles. The first-order valence-electron chi connectivity index (χ1n) is 7.86. The Morgan fingerprint density at radius 1 is 0.962 bits per heavy atom. The van der Waals surface area contributed by atoms with Crippen molar-refractivity contribution in [2.75, 3.05) is 17.1 Å². The molecule has 0 bridgehead atoms. The molecule has 0 fully saturated rings. The number of amides is 1. The van der Waals surface area contributed by atoms with E-state index < -0.39 is 10.0 Å². The number of carbonyl (C=O) groups excluding carboxylic acids is 1. The van der Waals surface area contributed by atoms with Crippen molar-refractivity contribution in [2.24, 2.45) is 0 Å². The van der Waals surface area contributed by atoms with Gasteiger partial charge in [0.15, 0.2) is 0 Å². The van der Waals surface area contributed by atoms with Crippen molar-refractivity contribution in [2.45, 2.75) is 11.8 Å². The third kappa shape index (κ3) is 3.78. The lowest BCUT2D eigenvalue weighted by atomic mass is 10.1. The zero-order valence-corrected chi connectivity index (χ0v) is 15.1. The molecule has 0 aromatic heterocycles. The lowest BCUT2D eigenvalue weighted by Crippen LogP contribution is -2.14. The molecule has 134 valence electrons. The number of rotatable bonds is 5. The van der Waals surface area contributed by atoms with Crippen molar-refractivity contribution in [3.8, 4) is 5.75 Å². The predicted octanol–water partition coefficient (Wildman–Crippen LogP) is 3.61. The van der Waals surface area contributed by atoms with Gasteiger partial charge in [0.1, 0.15) is 5.75 Å². The second-order valence-electron chi connectivity index (χ2n) is 5.71. The molecule has 1 amide bonds. The van der Waals surface area contributed by atoms with Crippen LogP contribution in [0.4, 0.5) is 11.4 Å². The van der Waals surface area contributed by atoms with Gasteiger partial charge in [0.25, 0.3) is 10.0 Å². The molecule has 0 radical (unpaired) electrons. The highest BCUT2D eigenvalue weighted by atomic mass is 32.2. The van der Waals surface area contributed by atoms with Crippen LogP contribution in [0.3, 0.4) is 0 Å². The molecule has 0 aliphatic heterocycles. The summed E-state index contributed by atoms with van der Waals surface area (Å²) < 4.78 is 33.1. The highest BCUT2D eigenvalue weighted by molar-refractivity contribution is 7.92. The third-order valence-electron chi connectivity index (χ3n) is 3.79. The number of methoxy groups -OCH3 is 1. The summed E-state index contributed by atoms with van der Waals surface area (Å²) in [4.78, 5) is 11.3. The largest absolute Gasteiger partial charge is 0.495 e. The summed E-state index contributed by atoms with van der Waals surface area (Å²) in [5, 5.41) is 4.52. The lowest BCUT2D eigenvalue weighted by molar-refractivity contribution is -0.114. The van der Waals surface area contributed by atoms with E-state index in [1.165, 1.54) is 32.2 Å². The maximum Gasteiger partial charge on any atom is 0.261 e. The number of carbonyl (C=O) groups is 1. The zero-order chi connectivity index (χ0) is 18.7. The molecular weight excluding hydrogens is 352 g/mol. The van der Waals surface area contributed by atoms with E-state index in [9.17, 15) is 13.2 Å². The number of sulfonamides is 1. The van der Waals surface area contributed by atoms with Crippen LogP contribution >= 0.6 is 0 Å². The molecule has 0 atom stereocenters. The molecule has 3 aromatic carbocycles. The van der Waals surface area contributed by atoms with Crippen molar-refractivity contribution in [3.63, 3.8) is 0 Å². The van der Waals surface area contributed by atoms with Crippen molar-refractivity contribution in [3.05, 3.63) is 60.7 Å². The first-order chi connectivity index (χ1) is 12.4. The summed E-state index contributed by atoms with van der Waals surface area (Å²) in [6.07, 6.45) is 0. The number of ether oxygens (including phenoxy) is 1. The Morgan fingerprint density at radius 2 is 1.69 bits per heavy atom. The van der Waals surface area contributed by atoms with E-state index in [1.54, 1.807) is 12.1 Å². The number of fused-ring (bicyclic) bond motifs is 1. The first kappa shape index (κ1) is 17.8. The van der Waals surface area contributed by atoms with Crippen molar-refractivity contribution < 1.29 is 17.9 Å². The van der Waals surface area contributed by atoms with Crippen LogP contribution in [0.15, 0.2) is 65.6 Å². The van der Waals surface area contributed by atoms with Crippen LogP contribution in [0.5, 0.6) is 5.75 Å². The van der Waals surface area contributed by atoms with Gasteiger partial charge in [-0.3, -0.25) is 9.52 Å². The molecule has 3 aromatic rings. The van der Waals surface area contributed by atoms with Gasteiger partial charge >= 0.3 is 0 Å². The number of anilines is 2. The van der Waals surface area contributed by atoms with Crippen LogP contribution < -0.4 is 14.8 Å². The van der Waals surface area contributed by atoms with E-state index in [1.807, 2.05) is 30.3 Å². The number of nitrogens with one attached hydrogen (secondary N) is 2. The Bertz CT molecular complexity index is 1080. The monoisotopic (exact) mass is 370 g/mol. The van der Waals surface area contributed by atoms with E-state index in [0.717, 1.165) is 10.8 Å². The van der Waals surface area contributed by atoms with Crippen molar-refractivity contribution in [1.82, 2.24) is 0 Å². The maximum atomic E-state index is 12.7. The maximum absolute atomic E-state index is 12.7. The van der Waals surface area contributed by atoms with Gasteiger partial charge in [0, 0.05) is 12.6 Å². The molecule has 7 heteroatoms. The highest BCUT2D eigenvalue weighted by Gasteiger charge is 2.17. The molecule has 3 rings (SSSR count). The van der Waals surface area contributed by atoms with Gasteiger partial charge in [-0.2, -0.15) is 0 Å². The second-order valence-corrected chi connectivity index (χ2v) is 7.39. The Hall–Kier alpha value is -3.06. The average molecular weight is 370 g/mol. The van der Waals surface area contributed by atoms with Gasteiger partial charge in [-0.25, -0.2) is 8.42 Å². The average Bonchev–Trinajstić information content (AvgIpc) is 2.60. The number of hydrogen-bond acceptors (Lipinski definition) is 4. The molecule has 0 aliphatic rings. The molecule has 0 aliphatic carbocycles. The quantitative estimate of drug-likeness (QED) is 0.719. The smallest absolute Gasteiger partial charge is 0.261 e. The topological polar surface area (TPSA) is 84.5 Å². The van der Waals surface area contributed by atoms with E-state index in [2.05, 4.69) is 10.0 Å². The molecule has 26 heavy (non-hydrogen) atoms. The first-order valence-corrected chi connectivity index (χ1v) is 9.34. The van der Waals surface area contributed by atoms with Gasteiger partial charge < -0.3 is 10.1 Å². The van der Waals surface area contributed by atoms with Gasteiger partial charge in [-0.05, 0) is 41.1 Å². The summed E-state index contributed by atoms with van der Waals surface area (Å²) >= 11 is 0. The summed E-state index contributed by atoms with van der Waals surface area (Å²) in [6, 6.07) is 17.3. The van der Waals surface area contributed by atoms with E-state index >= 15 is 0 Å². The van der Waals surface area contributed by atoms with E-state index in [4.69, 9.17) is 4.74 Å². The Kier molecular flexibility index (Phi) is 4.81. The Balaban J connectivity index is 1.95. The fraction of sp³-hybridized carbons (Fsp3) is 0.105. The summed E-state index contributed by atoms with van der Waals surface area (Å²) in [5.74, 6) is 0.0604. The van der Waals surface area contributed by atoms with Crippen molar-refractivity contribution in [1.29, 1.82) is 0 Å². The Morgan fingerprint density at radius 3 is 2.38 bits per heavy atom. The van der Waals surface area contributed by atoms with Crippen LogP contribution in [-0.4, -0.2) is 21.4 Å². The molecule has 6 nitrogen and oxygen atoms in total. The van der Waals surface area contributed by atoms with Gasteiger partial charge in [0.2, 0.25) is 5.91 Å². The predicted molar refractivity (Wildman–Crippen MR) is 102 cm³/mol. The van der Waals surface area contributed by atoms with Crippen LogP contribution in [0.25, 0.3) is 10.8 Å². The summed E-state index contributed by atoms with van der Waals surface area (Å²) in [7, 11) is -2.38. The zero-order valence-electron chi connectivity index (χ0n) is 14.3. The molecule has 0 saturated heterocycles. The van der Waals surface area contributed by atoms with E-state index in [0.29, 0.717) is 17.1 Å². The summed E-state index contributed by atoms with van der Waals surface area (Å²) in [5.41, 5.74) is 0.752. The van der Waals surface area contributed by atoms with Crippen LogP contribution in [0.2, 0.25) is 0 Å². The Labute approximate surface area is 151 Å². The molecular formula is C19H18N2O4S. The van der Waals surface area contributed by atoms with Crippen LogP contribution in [-0.2, 0) is 14.8 Å². The van der Waals surface area contributed by atoms with E-state index in [-0.39, 0.29) is 10.8 Å². The number of hydrogen-bond donors (Lipinski definition) is 2. The standard InChI is InChI=1S/C19H18N2O4S/c1-13(22)20-18-12-17(9-10-19(18)25-2)26(23,24)21-16-8-7-14-5-3-4-6-15(14)11-16/h3-12,21H,1-2H3,(H,20,22). The summed E-state index contributed by atoms with van der Waals surface area (Å²) in [6.45, 7) is 1.34. The molecule has 0 saturated carbocycles. The molecule has 2 N–H and O–H groups in total. The minimum absolute atomic E-state index is 0.0233. The van der Waals surface area contributed by atoms with Gasteiger partial charge in [-0.1, -0.05) is 30.3 Å². The normalized spacial score (nSPS) is 11.2. The van der Waals surface area contributed by atoms with Crippen LogP contribution in [0, 0.1) is 0 Å².